The van der Waals surface area contributed by atoms with Crippen LogP contribution in [0, 0.1) is 17.0 Å². The lowest BCUT2D eigenvalue weighted by Gasteiger charge is -2.10. The molecule has 2 N–H and O–H groups in total. The Morgan fingerprint density at radius 1 is 1.26 bits per heavy atom. The number of hydrogen-bond donors (Lipinski definition) is 2. The van der Waals surface area contributed by atoms with Gasteiger partial charge in [0.05, 0.1) is 10.5 Å². The number of carbonyl (C=O) groups is 1. The first-order chi connectivity index (χ1) is 12.6. The Morgan fingerprint density at radius 2 is 2.00 bits per heavy atom. The number of nitro groups is 1. The Kier molecular flexibility index (Phi) is 4.44. The molecule has 0 saturated heterocycles. The molecule has 2 heterocycles. The zero-order chi connectivity index (χ0) is 19.8. The number of nitrogens with zero attached hydrogens (tertiary/aromatic N) is 3. The monoisotopic (exact) mass is 379 g/mol. The molecule has 0 aliphatic carbocycles. The zero-order valence-electron chi connectivity index (χ0n) is 13.7. The van der Waals surface area contributed by atoms with Gasteiger partial charge >= 0.3 is 6.18 Å². The number of hydrazine groups is 1. The highest BCUT2D eigenvalue weighted by molar-refractivity contribution is 5.93. The number of aryl methyl sites for hydroxylation is 1. The summed E-state index contributed by atoms with van der Waals surface area (Å²) in [5.74, 6) is -0.703. The van der Waals surface area contributed by atoms with Crippen LogP contribution in [0.3, 0.4) is 0 Å². The summed E-state index contributed by atoms with van der Waals surface area (Å²) in [6.45, 7) is 1.86. The Hall–Kier alpha value is -3.63. The number of imidazole rings is 1. The fourth-order valence-electron chi connectivity index (χ4n) is 2.35. The minimum atomic E-state index is -4.72. The molecule has 27 heavy (non-hydrogen) atoms. The molecule has 0 saturated carbocycles. The SMILES string of the molecule is Cc1ccn2cc(C(=O)NNc3ccc(C(F)(F)F)cc3[N+](=O)[O-])nc2c1. The van der Waals surface area contributed by atoms with Crippen LogP contribution in [0.15, 0.2) is 42.7 Å². The molecule has 3 aromatic rings. The molecule has 0 bridgehead atoms. The molecular weight excluding hydrogens is 367 g/mol. The number of amides is 1. The molecule has 8 nitrogen and oxygen atoms in total. The molecule has 1 aromatic carbocycles. The van der Waals surface area contributed by atoms with Crippen molar-refractivity contribution in [3.05, 3.63) is 69.7 Å². The van der Waals surface area contributed by atoms with Crippen molar-refractivity contribution >= 4 is 22.9 Å². The predicted octanol–water partition coefficient (Wildman–Crippen LogP) is 3.33. The summed E-state index contributed by atoms with van der Waals surface area (Å²) in [4.78, 5) is 26.4. The smallest absolute Gasteiger partial charge is 0.306 e. The average Bonchev–Trinajstić information content (AvgIpc) is 3.01. The van der Waals surface area contributed by atoms with Gasteiger partial charge in [0.2, 0.25) is 0 Å². The number of carbonyl (C=O) groups excluding carboxylic acids is 1. The van der Waals surface area contributed by atoms with E-state index in [1.54, 1.807) is 16.7 Å². The van der Waals surface area contributed by atoms with Crippen LogP contribution in [-0.2, 0) is 6.18 Å². The van der Waals surface area contributed by atoms with E-state index in [0.29, 0.717) is 17.8 Å². The molecule has 3 rings (SSSR count). The summed E-state index contributed by atoms with van der Waals surface area (Å²) in [7, 11) is 0. The highest BCUT2D eigenvalue weighted by Gasteiger charge is 2.33. The Bertz CT molecular complexity index is 1050. The molecule has 1 amide bonds. The van der Waals surface area contributed by atoms with Gasteiger partial charge in [-0.25, -0.2) is 4.98 Å². The van der Waals surface area contributed by atoms with Crippen molar-refractivity contribution in [2.24, 2.45) is 0 Å². The van der Waals surface area contributed by atoms with Crippen molar-refractivity contribution in [1.29, 1.82) is 0 Å². The number of benzene rings is 1. The highest BCUT2D eigenvalue weighted by atomic mass is 19.4. The molecule has 0 unspecified atom stereocenters. The Morgan fingerprint density at radius 3 is 2.67 bits per heavy atom. The van der Waals surface area contributed by atoms with E-state index in [1.807, 2.05) is 13.0 Å². The number of pyridine rings is 1. The maximum atomic E-state index is 12.7. The van der Waals surface area contributed by atoms with Crippen molar-refractivity contribution < 1.29 is 22.9 Å². The number of hydrogen-bond acceptors (Lipinski definition) is 5. The molecule has 0 fully saturated rings. The van der Waals surface area contributed by atoms with Crippen LogP contribution in [0.5, 0.6) is 0 Å². The molecule has 0 spiro atoms. The largest absolute Gasteiger partial charge is 0.416 e. The summed E-state index contributed by atoms with van der Waals surface area (Å²) in [5, 5.41) is 11.0. The summed E-state index contributed by atoms with van der Waals surface area (Å²) in [5.41, 5.74) is 3.69. The van der Waals surface area contributed by atoms with E-state index < -0.39 is 28.3 Å². The number of fused-ring (bicyclic) bond motifs is 1. The molecule has 0 aliphatic heterocycles. The van der Waals surface area contributed by atoms with Gasteiger partial charge in [0.25, 0.3) is 11.6 Å². The predicted molar refractivity (Wildman–Crippen MR) is 89.1 cm³/mol. The first-order valence-corrected chi connectivity index (χ1v) is 7.52. The van der Waals surface area contributed by atoms with Gasteiger partial charge in [0, 0.05) is 18.5 Å². The molecule has 2 aromatic heterocycles. The number of aromatic nitrogens is 2. The Balaban J connectivity index is 1.80. The topological polar surface area (TPSA) is 102 Å². The van der Waals surface area contributed by atoms with Gasteiger partial charge < -0.3 is 4.40 Å². The van der Waals surface area contributed by atoms with Crippen LogP contribution in [0.25, 0.3) is 5.65 Å². The summed E-state index contributed by atoms with van der Waals surface area (Å²) >= 11 is 0. The fraction of sp³-hybridized carbons (Fsp3) is 0.125. The minimum absolute atomic E-state index is 0.0302. The zero-order valence-corrected chi connectivity index (χ0v) is 13.7. The third kappa shape index (κ3) is 3.81. The summed E-state index contributed by atoms with van der Waals surface area (Å²) in [6.07, 6.45) is -1.56. The van der Waals surface area contributed by atoms with E-state index in [-0.39, 0.29) is 11.4 Å². The molecular formula is C16H12F3N5O3. The number of nitrogens with one attached hydrogen (secondary N) is 2. The minimum Gasteiger partial charge on any atom is -0.306 e. The van der Waals surface area contributed by atoms with Crippen molar-refractivity contribution in [1.82, 2.24) is 14.8 Å². The fourth-order valence-corrected chi connectivity index (χ4v) is 2.35. The molecule has 11 heteroatoms. The van der Waals surface area contributed by atoms with Crippen LogP contribution < -0.4 is 10.9 Å². The van der Waals surface area contributed by atoms with Crippen molar-refractivity contribution in [2.45, 2.75) is 13.1 Å². The third-order valence-corrected chi connectivity index (χ3v) is 3.68. The van der Waals surface area contributed by atoms with Gasteiger partial charge in [0.15, 0.2) is 0 Å². The van der Waals surface area contributed by atoms with Gasteiger partial charge in [0.1, 0.15) is 17.0 Å². The van der Waals surface area contributed by atoms with Crippen molar-refractivity contribution in [3.8, 4) is 0 Å². The lowest BCUT2D eigenvalue weighted by molar-refractivity contribution is -0.384. The van der Waals surface area contributed by atoms with Crippen LogP contribution >= 0.6 is 0 Å². The van der Waals surface area contributed by atoms with Gasteiger partial charge in [-0.05, 0) is 36.8 Å². The van der Waals surface area contributed by atoms with E-state index >= 15 is 0 Å². The maximum absolute atomic E-state index is 12.7. The first kappa shape index (κ1) is 18.2. The van der Waals surface area contributed by atoms with Crippen LogP contribution in [-0.4, -0.2) is 20.2 Å². The normalized spacial score (nSPS) is 11.4. The van der Waals surface area contributed by atoms with E-state index in [9.17, 15) is 28.1 Å². The van der Waals surface area contributed by atoms with Crippen LogP contribution in [0.1, 0.15) is 21.6 Å². The number of alkyl halides is 3. The van der Waals surface area contributed by atoms with Crippen molar-refractivity contribution in [3.63, 3.8) is 0 Å². The van der Waals surface area contributed by atoms with Gasteiger partial charge in [-0.15, -0.1) is 0 Å². The van der Waals surface area contributed by atoms with Gasteiger partial charge in [-0.1, -0.05) is 0 Å². The number of anilines is 1. The maximum Gasteiger partial charge on any atom is 0.416 e. The van der Waals surface area contributed by atoms with E-state index in [1.165, 1.54) is 6.20 Å². The number of halogens is 3. The number of rotatable bonds is 4. The average molecular weight is 379 g/mol. The van der Waals surface area contributed by atoms with E-state index in [2.05, 4.69) is 15.8 Å². The van der Waals surface area contributed by atoms with E-state index in [0.717, 1.165) is 11.6 Å². The van der Waals surface area contributed by atoms with Gasteiger partial charge in [-0.2, -0.15) is 13.2 Å². The quantitative estimate of drug-likeness (QED) is 0.535. The first-order valence-electron chi connectivity index (χ1n) is 7.52. The second-order valence-corrected chi connectivity index (χ2v) is 5.66. The van der Waals surface area contributed by atoms with E-state index in [4.69, 9.17) is 0 Å². The Labute approximate surface area is 149 Å². The van der Waals surface area contributed by atoms with Crippen LogP contribution in [0.4, 0.5) is 24.5 Å². The molecule has 0 radical (unpaired) electrons. The molecule has 140 valence electrons. The highest BCUT2D eigenvalue weighted by Crippen LogP contribution is 2.34. The lowest BCUT2D eigenvalue weighted by Crippen LogP contribution is -2.30. The van der Waals surface area contributed by atoms with Crippen molar-refractivity contribution in [2.75, 3.05) is 5.43 Å². The summed E-state index contributed by atoms with van der Waals surface area (Å²) in [6, 6.07) is 5.51. The molecule has 0 atom stereocenters. The third-order valence-electron chi connectivity index (χ3n) is 3.68. The standard InChI is InChI=1S/C16H12F3N5O3/c1-9-4-5-23-8-12(20-14(23)6-9)15(25)22-21-11-3-2-10(16(17,18)19)7-13(11)24(26)27/h2-8,21H,1H3,(H,22,25). The second-order valence-electron chi connectivity index (χ2n) is 5.66. The van der Waals surface area contributed by atoms with Gasteiger partial charge in [-0.3, -0.25) is 25.8 Å². The number of nitro benzene ring substituents is 1. The molecule has 0 aliphatic rings. The van der Waals surface area contributed by atoms with Crippen LogP contribution in [0.2, 0.25) is 0 Å². The summed E-state index contributed by atoms with van der Waals surface area (Å²) < 4.78 is 39.7. The second kappa shape index (κ2) is 6.59. The lowest BCUT2D eigenvalue weighted by atomic mass is 10.1.